The van der Waals surface area contributed by atoms with Crippen LogP contribution in [0.2, 0.25) is 0 Å². The van der Waals surface area contributed by atoms with Gasteiger partial charge in [-0.2, -0.15) is 9.42 Å². The highest BCUT2D eigenvalue weighted by molar-refractivity contribution is 7.89. The van der Waals surface area contributed by atoms with Crippen LogP contribution in [0.5, 0.6) is 0 Å². The molecular weight excluding hydrogens is 318 g/mol. The molecule has 2 rings (SSSR count). The molecule has 1 aliphatic carbocycles. The van der Waals surface area contributed by atoms with E-state index in [1.54, 1.807) is 26.0 Å². The number of carbonyl (C=O) groups is 1. The molecule has 0 atom stereocenters. The molecule has 1 aliphatic rings. The second-order valence-electron chi connectivity index (χ2n) is 5.01. The molecule has 0 saturated carbocycles. The lowest BCUT2D eigenvalue weighted by Crippen LogP contribution is -2.30. The fourth-order valence-electron chi connectivity index (χ4n) is 2.27. The van der Waals surface area contributed by atoms with E-state index in [2.05, 4.69) is 10.2 Å². The first-order chi connectivity index (χ1) is 10.9. The van der Waals surface area contributed by atoms with Crippen molar-refractivity contribution < 1.29 is 18.3 Å². The molecule has 0 aliphatic heterocycles. The molecule has 1 N–H and O–H groups in total. The molecule has 0 fully saturated rings. The standard InChI is InChI=1S/C15H19N3O4S/c1-3-18(4-2)23(21,22)12-7-5-6-11(10-12)16-17-15-13(19)8-9-14(15)20/h5-7,10,19H,3-4,8-9H2,1-2H3. The fourth-order valence-corrected chi connectivity index (χ4v) is 3.77. The molecule has 0 unspecified atom stereocenters. The van der Waals surface area contributed by atoms with Crippen LogP contribution >= 0.6 is 0 Å². The number of sulfonamides is 1. The van der Waals surface area contributed by atoms with Gasteiger partial charge in [0.2, 0.25) is 10.0 Å². The number of benzene rings is 1. The largest absolute Gasteiger partial charge is 0.510 e. The van der Waals surface area contributed by atoms with Crippen LogP contribution in [0, 0.1) is 0 Å². The zero-order valence-corrected chi connectivity index (χ0v) is 13.9. The maximum Gasteiger partial charge on any atom is 0.243 e. The first kappa shape index (κ1) is 17.3. The number of Topliss-reactive ketones (excluding diaryl/α,β-unsaturated/α-hetero) is 1. The Hall–Kier alpha value is -2.06. The summed E-state index contributed by atoms with van der Waals surface area (Å²) in [5, 5.41) is 17.2. The quantitative estimate of drug-likeness (QED) is 0.807. The summed E-state index contributed by atoms with van der Waals surface area (Å²) in [6, 6.07) is 6.04. The molecule has 0 saturated heterocycles. The maximum atomic E-state index is 12.5. The van der Waals surface area contributed by atoms with E-state index in [-0.39, 0.29) is 35.0 Å². The first-order valence-corrected chi connectivity index (χ1v) is 8.81. The highest BCUT2D eigenvalue weighted by Crippen LogP contribution is 2.25. The van der Waals surface area contributed by atoms with Crippen LogP contribution in [0.25, 0.3) is 0 Å². The number of nitrogens with zero attached hydrogens (tertiary/aromatic N) is 3. The molecule has 0 spiro atoms. The van der Waals surface area contributed by atoms with E-state index < -0.39 is 10.0 Å². The second kappa shape index (κ2) is 7.01. The Balaban J connectivity index is 2.31. The Morgan fingerprint density at radius 1 is 1.17 bits per heavy atom. The predicted octanol–water partition coefficient (Wildman–Crippen LogP) is 2.93. The Labute approximate surface area is 135 Å². The average Bonchev–Trinajstić information content (AvgIpc) is 2.85. The number of aliphatic hydroxyl groups excluding tert-OH is 1. The van der Waals surface area contributed by atoms with Crippen molar-refractivity contribution in [2.24, 2.45) is 10.2 Å². The number of azo groups is 1. The van der Waals surface area contributed by atoms with Gasteiger partial charge in [-0.3, -0.25) is 4.79 Å². The highest BCUT2D eigenvalue weighted by atomic mass is 32.2. The predicted molar refractivity (Wildman–Crippen MR) is 85.0 cm³/mol. The molecule has 0 radical (unpaired) electrons. The van der Waals surface area contributed by atoms with E-state index in [4.69, 9.17) is 0 Å². The summed E-state index contributed by atoms with van der Waals surface area (Å²) in [5.41, 5.74) is 0.250. The third kappa shape index (κ3) is 3.65. The summed E-state index contributed by atoms with van der Waals surface area (Å²) in [6.45, 7) is 4.29. The van der Waals surface area contributed by atoms with E-state index in [0.29, 0.717) is 18.8 Å². The summed E-state index contributed by atoms with van der Waals surface area (Å²) in [6.07, 6.45) is 0.486. The van der Waals surface area contributed by atoms with E-state index in [9.17, 15) is 18.3 Å². The van der Waals surface area contributed by atoms with Gasteiger partial charge in [-0.1, -0.05) is 19.9 Å². The first-order valence-electron chi connectivity index (χ1n) is 7.37. The lowest BCUT2D eigenvalue weighted by molar-refractivity contribution is -0.115. The van der Waals surface area contributed by atoms with Gasteiger partial charge in [0.15, 0.2) is 11.5 Å². The van der Waals surface area contributed by atoms with Gasteiger partial charge >= 0.3 is 0 Å². The number of hydrogen-bond acceptors (Lipinski definition) is 6. The number of aliphatic hydroxyl groups is 1. The van der Waals surface area contributed by atoms with Crippen molar-refractivity contribution in [2.45, 2.75) is 31.6 Å². The second-order valence-corrected chi connectivity index (χ2v) is 6.94. The van der Waals surface area contributed by atoms with E-state index in [1.807, 2.05) is 0 Å². The summed E-state index contributed by atoms with van der Waals surface area (Å²) in [7, 11) is -3.58. The minimum Gasteiger partial charge on any atom is -0.510 e. The fraction of sp³-hybridized carbons (Fsp3) is 0.400. The van der Waals surface area contributed by atoms with Crippen molar-refractivity contribution in [3.8, 4) is 0 Å². The molecular formula is C15H19N3O4S. The number of hydrogen-bond donors (Lipinski definition) is 1. The molecule has 0 bridgehead atoms. The van der Waals surface area contributed by atoms with E-state index >= 15 is 0 Å². The molecule has 1 aromatic rings. The van der Waals surface area contributed by atoms with Crippen molar-refractivity contribution in [3.63, 3.8) is 0 Å². The van der Waals surface area contributed by atoms with Crippen LogP contribution in [-0.4, -0.2) is 36.7 Å². The number of ketones is 1. The van der Waals surface area contributed by atoms with Gasteiger partial charge in [0.1, 0.15) is 5.76 Å². The Morgan fingerprint density at radius 2 is 1.87 bits per heavy atom. The van der Waals surface area contributed by atoms with Crippen LogP contribution < -0.4 is 0 Å². The smallest absolute Gasteiger partial charge is 0.243 e. The monoisotopic (exact) mass is 337 g/mol. The molecule has 7 nitrogen and oxygen atoms in total. The summed E-state index contributed by atoms with van der Waals surface area (Å²) in [5.74, 6) is -0.344. The van der Waals surface area contributed by atoms with Crippen LogP contribution in [0.1, 0.15) is 26.7 Å². The van der Waals surface area contributed by atoms with Crippen LogP contribution in [0.4, 0.5) is 5.69 Å². The summed E-state index contributed by atoms with van der Waals surface area (Å²) in [4.78, 5) is 11.6. The lowest BCUT2D eigenvalue weighted by atomic mass is 10.3. The Bertz CT molecular complexity index is 765. The van der Waals surface area contributed by atoms with Crippen molar-refractivity contribution in [1.29, 1.82) is 0 Å². The molecule has 0 aromatic heterocycles. The van der Waals surface area contributed by atoms with Crippen molar-refractivity contribution in [2.75, 3.05) is 13.1 Å². The van der Waals surface area contributed by atoms with Gasteiger partial charge in [-0.05, 0) is 18.2 Å². The molecule has 23 heavy (non-hydrogen) atoms. The topological polar surface area (TPSA) is 99.4 Å². The molecule has 0 amide bonds. The zero-order valence-electron chi connectivity index (χ0n) is 13.1. The number of carbonyl (C=O) groups excluding carboxylic acids is 1. The maximum absolute atomic E-state index is 12.5. The Morgan fingerprint density at radius 3 is 2.43 bits per heavy atom. The normalized spacial score (nSPS) is 16.0. The van der Waals surface area contributed by atoms with Gasteiger partial charge in [-0.15, -0.1) is 5.11 Å². The summed E-state index contributed by atoms with van der Waals surface area (Å²) >= 11 is 0. The minimum absolute atomic E-state index is 0.0537. The number of allylic oxidation sites excluding steroid dienone is 2. The van der Waals surface area contributed by atoms with Crippen molar-refractivity contribution in [3.05, 3.63) is 35.7 Å². The van der Waals surface area contributed by atoms with Gasteiger partial charge in [-0.25, -0.2) is 8.42 Å². The third-order valence-corrected chi connectivity index (χ3v) is 5.60. The van der Waals surface area contributed by atoms with Gasteiger partial charge in [0, 0.05) is 25.9 Å². The lowest BCUT2D eigenvalue weighted by Gasteiger charge is -2.18. The summed E-state index contributed by atoms with van der Waals surface area (Å²) < 4.78 is 26.3. The SMILES string of the molecule is CCN(CC)S(=O)(=O)c1cccc(N=NC2=C(O)CCC2=O)c1. The van der Waals surface area contributed by atoms with Crippen LogP contribution in [0.15, 0.2) is 50.8 Å². The Kier molecular flexibility index (Phi) is 5.27. The molecule has 1 aromatic carbocycles. The molecule has 0 heterocycles. The van der Waals surface area contributed by atoms with Crippen LogP contribution in [0.3, 0.4) is 0 Å². The van der Waals surface area contributed by atoms with Gasteiger partial charge in [0.25, 0.3) is 0 Å². The number of rotatable bonds is 6. The highest BCUT2D eigenvalue weighted by Gasteiger charge is 2.23. The van der Waals surface area contributed by atoms with Gasteiger partial charge in [0.05, 0.1) is 10.6 Å². The van der Waals surface area contributed by atoms with E-state index in [0.717, 1.165) is 0 Å². The van der Waals surface area contributed by atoms with Crippen LogP contribution in [-0.2, 0) is 14.8 Å². The third-order valence-electron chi connectivity index (χ3n) is 3.55. The molecule has 124 valence electrons. The average molecular weight is 337 g/mol. The van der Waals surface area contributed by atoms with Crippen molar-refractivity contribution in [1.82, 2.24) is 4.31 Å². The zero-order chi connectivity index (χ0) is 17.0. The molecule has 8 heteroatoms. The minimum atomic E-state index is -3.58. The van der Waals surface area contributed by atoms with Gasteiger partial charge < -0.3 is 5.11 Å². The van der Waals surface area contributed by atoms with Crippen molar-refractivity contribution >= 4 is 21.5 Å². The van der Waals surface area contributed by atoms with E-state index in [1.165, 1.54) is 16.4 Å².